The fourth-order valence-electron chi connectivity index (χ4n) is 3.30. The van der Waals surface area contributed by atoms with Crippen LogP contribution in [0.3, 0.4) is 0 Å². The first-order valence-electron chi connectivity index (χ1n) is 8.76. The van der Waals surface area contributed by atoms with Crippen molar-refractivity contribution in [2.24, 2.45) is 4.99 Å². The molecular formula is C22H17Cl2IN2O. The van der Waals surface area contributed by atoms with E-state index in [1.807, 2.05) is 48.5 Å². The van der Waals surface area contributed by atoms with Gasteiger partial charge in [0.15, 0.2) is 0 Å². The van der Waals surface area contributed by atoms with E-state index in [9.17, 15) is 0 Å². The van der Waals surface area contributed by atoms with Crippen molar-refractivity contribution in [2.45, 2.75) is 12.5 Å². The summed E-state index contributed by atoms with van der Waals surface area (Å²) >= 11 is 14.8. The van der Waals surface area contributed by atoms with Gasteiger partial charge in [-0.25, -0.2) is 4.99 Å². The molecule has 0 bridgehead atoms. The van der Waals surface area contributed by atoms with Crippen molar-refractivity contribution in [3.8, 4) is 5.75 Å². The van der Waals surface area contributed by atoms with Crippen LogP contribution in [-0.4, -0.2) is 12.9 Å². The molecule has 28 heavy (non-hydrogen) atoms. The van der Waals surface area contributed by atoms with E-state index in [1.54, 1.807) is 13.2 Å². The van der Waals surface area contributed by atoms with E-state index in [0.717, 1.165) is 34.9 Å². The van der Waals surface area contributed by atoms with Crippen LogP contribution in [0.5, 0.6) is 5.75 Å². The zero-order chi connectivity index (χ0) is 19.7. The van der Waals surface area contributed by atoms with Gasteiger partial charge in [0, 0.05) is 25.7 Å². The predicted molar refractivity (Wildman–Crippen MR) is 126 cm³/mol. The molecule has 0 aliphatic carbocycles. The van der Waals surface area contributed by atoms with Crippen molar-refractivity contribution in [3.05, 3.63) is 85.9 Å². The van der Waals surface area contributed by atoms with Crippen LogP contribution < -0.4 is 9.64 Å². The number of hydrogen-bond donors (Lipinski definition) is 0. The van der Waals surface area contributed by atoms with Gasteiger partial charge >= 0.3 is 0 Å². The van der Waals surface area contributed by atoms with Crippen LogP contribution in [-0.2, 0) is 0 Å². The molecule has 142 valence electrons. The van der Waals surface area contributed by atoms with Gasteiger partial charge in [-0.05, 0) is 94.9 Å². The lowest BCUT2D eigenvalue weighted by Crippen LogP contribution is -2.46. The summed E-state index contributed by atoms with van der Waals surface area (Å²) in [6, 6.07) is 22.0. The molecule has 1 fully saturated rings. The number of aliphatic imine (C=N–C) groups is 1. The number of benzene rings is 3. The molecule has 1 saturated heterocycles. The van der Waals surface area contributed by atoms with Crippen molar-refractivity contribution in [1.29, 1.82) is 0 Å². The Morgan fingerprint density at radius 2 is 1.61 bits per heavy atom. The molecule has 1 aliphatic rings. The second kappa shape index (κ2) is 8.31. The Hall–Kier alpha value is -1.76. The van der Waals surface area contributed by atoms with Crippen molar-refractivity contribution < 1.29 is 4.74 Å². The molecule has 3 aromatic rings. The molecule has 0 radical (unpaired) electrons. The lowest BCUT2D eigenvalue weighted by molar-refractivity contribution is 0.415. The van der Waals surface area contributed by atoms with Crippen LogP contribution in [0.2, 0.25) is 10.0 Å². The lowest BCUT2D eigenvalue weighted by Gasteiger charge is -2.44. The van der Waals surface area contributed by atoms with Gasteiger partial charge in [-0.1, -0.05) is 23.2 Å². The van der Waals surface area contributed by atoms with E-state index in [4.69, 9.17) is 32.9 Å². The number of ether oxygens (including phenoxy) is 1. The monoisotopic (exact) mass is 522 g/mol. The molecule has 6 heteroatoms. The molecule has 3 aromatic carbocycles. The summed E-state index contributed by atoms with van der Waals surface area (Å²) in [6.45, 7) is 0. The summed E-state index contributed by atoms with van der Waals surface area (Å²) in [6.07, 6.45) is 0.814. The van der Waals surface area contributed by atoms with Crippen LogP contribution in [0, 0.1) is 3.57 Å². The number of nitrogens with zero attached hydrogens (tertiary/aromatic N) is 2. The molecule has 0 saturated carbocycles. The maximum absolute atomic E-state index is 6.24. The van der Waals surface area contributed by atoms with Gasteiger partial charge in [-0.3, -0.25) is 0 Å². The van der Waals surface area contributed by atoms with Crippen LogP contribution in [0.1, 0.15) is 18.0 Å². The van der Waals surface area contributed by atoms with E-state index in [1.165, 1.54) is 3.57 Å². The SMILES string of the molecule is COc1ccc(N2C(=Nc3ccc(I)cc3)CC2c2cc(Cl)cc(Cl)c2)cc1. The Morgan fingerprint density at radius 1 is 0.964 bits per heavy atom. The average molecular weight is 523 g/mol. The van der Waals surface area contributed by atoms with Crippen LogP contribution in [0.15, 0.2) is 71.7 Å². The minimum absolute atomic E-state index is 0.132. The molecule has 0 aromatic heterocycles. The molecule has 0 amide bonds. The van der Waals surface area contributed by atoms with Crippen LogP contribution in [0.25, 0.3) is 0 Å². The largest absolute Gasteiger partial charge is 0.497 e. The molecular weight excluding hydrogens is 506 g/mol. The number of halogens is 3. The fourth-order valence-corrected chi connectivity index (χ4v) is 4.20. The van der Waals surface area contributed by atoms with E-state index >= 15 is 0 Å². The van der Waals surface area contributed by atoms with E-state index in [2.05, 4.69) is 39.6 Å². The first-order chi connectivity index (χ1) is 13.5. The zero-order valence-electron chi connectivity index (χ0n) is 15.1. The Labute approximate surface area is 188 Å². The molecule has 3 nitrogen and oxygen atoms in total. The Bertz CT molecular complexity index is 999. The number of hydrogen-bond acceptors (Lipinski definition) is 2. The van der Waals surface area contributed by atoms with Gasteiger partial charge in [0.2, 0.25) is 0 Å². The molecule has 1 atom stereocenters. The predicted octanol–water partition coefficient (Wildman–Crippen LogP) is 7.29. The minimum Gasteiger partial charge on any atom is -0.497 e. The number of rotatable bonds is 4. The maximum Gasteiger partial charge on any atom is 0.119 e. The Morgan fingerprint density at radius 3 is 2.21 bits per heavy atom. The molecule has 4 rings (SSSR count). The molecule has 1 unspecified atom stereocenters. The van der Waals surface area contributed by atoms with Gasteiger partial charge in [0.05, 0.1) is 18.8 Å². The highest BCUT2D eigenvalue weighted by atomic mass is 127. The highest BCUT2D eigenvalue weighted by Crippen LogP contribution is 2.42. The van der Waals surface area contributed by atoms with Crippen LogP contribution >= 0.6 is 45.8 Å². The highest BCUT2D eigenvalue weighted by molar-refractivity contribution is 14.1. The second-order valence-corrected chi connectivity index (χ2v) is 8.61. The zero-order valence-corrected chi connectivity index (χ0v) is 18.7. The van der Waals surface area contributed by atoms with Gasteiger partial charge < -0.3 is 9.64 Å². The summed E-state index contributed by atoms with van der Waals surface area (Å²) in [5.74, 6) is 1.83. The maximum atomic E-state index is 6.24. The van der Waals surface area contributed by atoms with Gasteiger partial charge in [-0.15, -0.1) is 0 Å². The van der Waals surface area contributed by atoms with Crippen LogP contribution in [0.4, 0.5) is 11.4 Å². The number of anilines is 1. The van der Waals surface area contributed by atoms with Crippen molar-refractivity contribution in [1.82, 2.24) is 0 Å². The van der Waals surface area contributed by atoms with Crippen molar-refractivity contribution in [3.63, 3.8) is 0 Å². The summed E-state index contributed by atoms with van der Waals surface area (Å²) in [5.41, 5.74) is 3.07. The number of methoxy groups -OCH3 is 1. The van der Waals surface area contributed by atoms with E-state index in [0.29, 0.717) is 10.0 Å². The fraction of sp³-hybridized carbons (Fsp3) is 0.136. The molecule has 1 heterocycles. The molecule has 1 aliphatic heterocycles. The third-order valence-corrected chi connectivity index (χ3v) is 5.83. The van der Waals surface area contributed by atoms with Gasteiger partial charge in [-0.2, -0.15) is 0 Å². The Balaban J connectivity index is 1.72. The highest BCUT2D eigenvalue weighted by Gasteiger charge is 2.36. The Kier molecular flexibility index (Phi) is 5.80. The van der Waals surface area contributed by atoms with Crippen molar-refractivity contribution >= 4 is 63.0 Å². The topological polar surface area (TPSA) is 24.8 Å². The van der Waals surface area contributed by atoms with Gasteiger partial charge in [0.1, 0.15) is 11.6 Å². The number of amidine groups is 1. The van der Waals surface area contributed by atoms with Crippen molar-refractivity contribution in [2.75, 3.05) is 12.0 Å². The normalized spacial score (nSPS) is 17.5. The summed E-state index contributed by atoms with van der Waals surface area (Å²) < 4.78 is 6.48. The third kappa shape index (κ3) is 4.14. The standard InChI is InChI=1S/C22H17Cl2IN2O/c1-28-20-8-6-19(7-9-20)27-21(14-10-15(23)12-16(24)11-14)13-22(27)26-18-4-2-17(25)3-5-18/h2-12,21H,13H2,1H3. The van der Waals surface area contributed by atoms with E-state index < -0.39 is 0 Å². The smallest absolute Gasteiger partial charge is 0.119 e. The minimum atomic E-state index is 0.132. The van der Waals surface area contributed by atoms with E-state index in [-0.39, 0.29) is 6.04 Å². The third-order valence-electron chi connectivity index (χ3n) is 4.67. The second-order valence-electron chi connectivity index (χ2n) is 6.50. The summed E-state index contributed by atoms with van der Waals surface area (Å²) in [7, 11) is 1.67. The first kappa shape index (κ1) is 19.6. The first-order valence-corrected chi connectivity index (χ1v) is 10.6. The quantitative estimate of drug-likeness (QED) is 0.336. The lowest BCUT2D eigenvalue weighted by atomic mass is 9.92. The molecule has 0 N–H and O–H groups in total. The summed E-state index contributed by atoms with van der Waals surface area (Å²) in [5, 5.41) is 1.28. The average Bonchev–Trinajstić information content (AvgIpc) is 2.66. The molecule has 0 spiro atoms. The van der Waals surface area contributed by atoms with Gasteiger partial charge in [0.25, 0.3) is 0 Å². The summed E-state index contributed by atoms with van der Waals surface area (Å²) in [4.78, 5) is 7.09.